The van der Waals surface area contributed by atoms with Crippen LogP contribution in [0.1, 0.15) is 29.3 Å². The zero-order chi connectivity index (χ0) is 11.8. The Morgan fingerprint density at radius 1 is 1.50 bits per heavy atom. The largest absolute Gasteiger partial charge is 0.497 e. The molecule has 0 saturated carbocycles. The number of Topliss-reactive ketones (excluding diaryl/α,β-unsaturated/α-hetero) is 1. The highest BCUT2D eigenvalue weighted by Gasteiger charge is 2.41. The summed E-state index contributed by atoms with van der Waals surface area (Å²) in [5, 5.41) is 0. The lowest BCUT2D eigenvalue weighted by Gasteiger charge is -2.17. The number of methoxy groups -OCH3 is 1. The molecule has 1 aromatic rings. The van der Waals surface area contributed by atoms with Crippen LogP contribution in [-0.4, -0.2) is 19.2 Å². The molecule has 0 radical (unpaired) electrons. The lowest BCUT2D eigenvalue weighted by atomic mass is 9.83. The zero-order valence-electron chi connectivity index (χ0n) is 9.45. The summed E-state index contributed by atoms with van der Waals surface area (Å²) in [6.07, 6.45) is 1.74. The first kappa shape index (κ1) is 10.9. The molecule has 0 aromatic heterocycles. The third kappa shape index (κ3) is 1.52. The Balaban J connectivity index is 2.42. The molecule has 0 fully saturated rings. The number of benzene rings is 1. The Kier molecular flexibility index (Phi) is 2.54. The maximum absolute atomic E-state index is 12.2. The molecule has 84 valence electrons. The first-order chi connectivity index (χ1) is 7.60. The maximum Gasteiger partial charge on any atom is 0.169 e. The van der Waals surface area contributed by atoms with Gasteiger partial charge < -0.3 is 9.53 Å². The molecule has 3 nitrogen and oxygen atoms in total. The number of carbonyl (C=O) groups excluding carboxylic acids is 2. The summed E-state index contributed by atoms with van der Waals surface area (Å²) in [5.41, 5.74) is 1.15. The molecule has 0 saturated heterocycles. The standard InChI is InChI=1S/C13H14O3/c1-13(5-6-14)8-9-3-4-10(16-2)7-11(9)12(13)15/h3-4,6-7H,5,8H2,1-2H3. The smallest absolute Gasteiger partial charge is 0.169 e. The summed E-state index contributed by atoms with van der Waals surface area (Å²) in [7, 11) is 1.58. The molecule has 0 amide bonds. The topological polar surface area (TPSA) is 43.4 Å². The Hall–Kier alpha value is -1.64. The summed E-state index contributed by atoms with van der Waals surface area (Å²) < 4.78 is 5.09. The summed E-state index contributed by atoms with van der Waals surface area (Å²) in [4.78, 5) is 22.8. The van der Waals surface area contributed by atoms with Gasteiger partial charge in [-0.05, 0) is 24.1 Å². The number of ether oxygens (including phenoxy) is 1. The third-order valence-corrected chi connectivity index (χ3v) is 3.22. The number of hydrogen-bond acceptors (Lipinski definition) is 3. The number of rotatable bonds is 3. The van der Waals surface area contributed by atoms with Crippen LogP contribution in [0.5, 0.6) is 5.75 Å². The van der Waals surface area contributed by atoms with Crippen molar-refractivity contribution < 1.29 is 14.3 Å². The van der Waals surface area contributed by atoms with Crippen LogP contribution >= 0.6 is 0 Å². The average molecular weight is 218 g/mol. The predicted molar refractivity (Wildman–Crippen MR) is 59.8 cm³/mol. The van der Waals surface area contributed by atoms with Gasteiger partial charge in [-0.15, -0.1) is 0 Å². The molecular weight excluding hydrogens is 204 g/mol. The Labute approximate surface area is 94.4 Å². The summed E-state index contributed by atoms with van der Waals surface area (Å²) in [5.74, 6) is 0.732. The van der Waals surface area contributed by atoms with E-state index in [4.69, 9.17) is 4.74 Å². The molecule has 0 bridgehead atoms. The van der Waals surface area contributed by atoms with Crippen molar-refractivity contribution in [1.29, 1.82) is 0 Å². The van der Waals surface area contributed by atoms with Crippen molar-refractivity contribution in [2.45, 2.75) is 19.8 Å². The molecule has 2 rings (SSSR count). The van der Waals surface area contributed by atoms with Crippen molar-refractivity contribution in [2.75, 3.05) is 7.11 Å². The van der Waals surface area contributed by atoms with Crippen molar-refractivity contribution in [3.05, 3.63) is 29.3 Å². The second kappa shape index (κ2) is 3.74. The van der Waals surface area contributed by atoms with Gasteiger partial charge in [0.05, 0.1) is 7.11 Å². The molecule has 1 aliphatic carbocycles. The van der Waals surface area contributed by atoms with Gasteiger partial charge in [-0.25, -0.2) is 0 Å². The van der Waals surface area contributed by atoms with Crippen LogP contribution in [0.15, 0.2) is 18.2 Å². The number of aldehydes is 1. The molecule has 16 heavy (non-hydrogen) atoms. The quantitative estimate of drug-likeness (QED) is 0.729. The van der Waals surface area contributed by atoms with Gasteiger partial charge in [-0.1, -0.05) is 13.0 Å². The van der Waals surface area contributed by atoms with Crippen LogP contribution in [-0.2, 0) is 11.2 Å². The van der Waals surface area contributed by atoms with E-state index in [1.165, 1.54) is 0 Å². The average Bonchev–Trinajstić information content (AvgIpc) is 2.52. The molecule has 3 heteroatoms. The third-order valence-electron chi connectivity index (χ3n) is 3.22. The number of carbonyl (C=O) groups is 2. The SMILES string of the molecule is COc1ccc2c(c1)C(=O)C(C)(CC=O)C2. The highest BCUT2D eigenvalue weighted by Crippen LogP contribution is 2.39. The normalized spacial score (nSPS) is 23.0. The monoisotopic (exact) mass is 218 g/mol. The van der Waals surface area contributed by atoms with Crippen molar-refractivity contribution in [1.82, 2.24) is 0 Å². The highest BCUT2D eigenvalue weighted by molar-refractivity contribution is 6.05. The van der Waals surface area contributed by atoms with Crippen LogP contribution < -0.4 is 4.74 Å². The van der Waals surface area contributed by atoms with E-state index in [-0.39, 0.29) is 12.2 Å². The first-order valence-corrected chi connectivity index (χ1v) is 5.26. The molecular formula is C13H14O3. The van der Waals surface area contributed by atoms with E-state index in [9.17, 15) is 9.59 Å². The van der Waals surface area contributed by atoms with Gasteiger partial charge >= 0.3 is 0 Å². The van der Waals surface area contributed by atoms with Gasteiger partial charge in [0.25, 0.3) is 0 Å². The minimum atomic E-state index is -0.559. The van der Waals surface area contributed by atoms with Crippen molar-refractivity contribution >= 4 is 12.1 Å². The van der Waals surface area contributed by atoms with Gasteiger partial charge in [-0.3, -0.25) is 4.79 Å². The number of ketones is 1. The van der Waals surface area contributed by atoms with E-state index in [2.05, 4.69) is 0 Å². The summed E-state index contributed by atoms with van der Waals surface area (Å²) >= 11 is 0. The lowest BCUT2D eigenvalue weighted by Crippen LogP contribution is -2.24. The van der Waals surface area contributed by atoms with Gasteiger partial charge in [0.1, 0.15) is 12.0 Å². The minimum absolute atomic E-state index is 0.0495. The molecule has 0 spiro atoms. The van der Waals surface area contributed by atoms with E-state index in [1.54, 1.807) is 13.2 Å². The Morgan fingerprint density at radius 3 is 2.88 bits per heavy atom. The van der Waals surface area contributed by atoms with Crippen molar-refractivity contribution in [3.8, 4) is 5.75 Å². The van der Waals surface area contributed by atoms with E-state index in [0.717, 1.165) is 11.8 Å². The zero-order valence-corrected chi connectivity index (χ0v) is 9.45. The fraction of sp³-hybridized carbons (Fsp3) is 0.385. The summed E-state index contributed by atoms with van der Waals surface area (Å²) in [6, 6.07) is 5.51. The molecule has 0 aliphatic heterocycles. The molecule has 1 unspecified atom stereocenters. The van der Waals surface area contributed by atoms with Gasteiger partial charge in [0.2, 0.25) is 0 Å². The van der Waals surface area contributed by atoms with E-state index in [0.29, 0.717) is 17.7 Å². The minimum Gasteiger partial charge on any atom is -0.497 e. The number of fused-ring (bicyclic) bond motifs is 1. The Bertz CT molecular complexity index is 450. The number of hydrogen-bond donors (Lipinski definition) is 0. The maximum atomic E-state index is 12.2. The molecule has 0 heterocycles. The van der Waals surface area contributed by atoms with Crippen LogP contribution in [0.25, 0.3) is 0 Å². The van der Waals surface area contributed by atoms with Crippen molar-refractivity contribution in [2.24, 2.45) is 5.41 Å². The molecule has 1 aromatic carbocycles. The van der Waals surface area contributed by atoms with Crippen LogP contribution in [0.4, 0.5) is 0 Å². The second-order valence-corrected chi connectivity index (χ2v) is 4.46. The van der Waals surface area contributed by atoms with E-state index < -0.39 is 5.41 Å². The lowest BCUT2D eigenvalue weighted by molar-refractivity contribution is -0.109. The van der Waals surface area contributed by atoms with Crippen molar-refractivity contribution in [3.63, 3.8) is 0 Å². The highest BCUT2D eigenvalue weighted by atomic mass is 16.5. The Morgan fingerprint density at radius 2 is 2.25 bits per heavy atom. The van der Waals surface area contributed by atoms with Crippen LogP contribution in [0.2, 0.25) is 0 Å². The summed E-state index contributed by atoms with van der Waals surface area (Å²) in [6.45, 7) is 1.84. The fourth-order valence-electron chi connectivity index (χ4n) is 2.22. The van der Waals surface area contributed by atoms with Crippen LogP contribution in [0.3, 0.4) is 0 Å². The van der Waals surface area contributed by atoms with Gasteiger partial charge in [-0.2, -0.15) is 0 Å². The predicted octanol–water partition coefficient (Wildman–Crippen LogP) is 2.03. The second-order valence-electron chi connectivity index (χ2n) is 4.46. The van der Waals surface area contributed by atoms with Gasteiger partial charge in [0.15, 0.2) is 5.78 Å². The molecule has 1 aliphatic rings. The molecule has 0 N–H and O–H groups in total. The first-order valence-electron chi connectivity index (χ1n) is 5.26. The molecule has 1 atom stereocenters. The van der Waals surface area contributed by atoms with E-state index >= 15 is 0 Å². The van der Waals surface area contributed by atoms with E-state index in [1.807, 2.05) is 19.1 Å². The van der Waals surface area contributed by atoms with Crippen LogP contribution in [0, 0.1) is 5.41 Å². The fourth-order valence-corrected chi connectivity index (χ4v) is 2.22. The van der Waals surface area contributed by atoms with Gasteiger partial charge in [0, 0.05) is 17.4 Å².